The highest BCUT2D eigenvalue weighted by Gasteiger charge is 2.04. The maximum atomic E-state index is 10.4. The van der Waals surface area contributed by atoms with Gasteiger partial charge in [0, 0.05) is 18.1 Å². The lowest BCUT2D eigenvalue weighted by Crippen LogP contribution is -2.29. The second-order valence-corrected chi connectivity index (χ2v) is 4.96. The molecule has 4 N–H and O–H groups in total. The molecule has 0 spiro atoms. The van der Waals surface area contributed by atoms with Gasteiger partial charge in [0.15, 0.2) is 5.82 Å². The molecule has 1 aromatic rings. The normalized spacial score (nSPS) is 11.0. The van der Waals surface area contributed by atoms with E-state index in [0.717, 1.165) is 17.6 Å². The molecule has 0 unspecified atom stereocenters. The molecule has 0 fully saturated rings. The monoisotopic (exact) mass is 311 g/mol. The van der Waals surface area contributed by atoms with Crippen LogP contribution in [0.15, 0.2) is 18.3 Å². The summed E-state index contributed by atoms with van der Waals surface area (Å²) in [5.74, 6) is 4.05. The topological polar surface area (TPSA) is 116 Å². The van der Waals surface area contributed by atoms with Crippen molar-refractivity contribution in [3.63, 3.8) is 0 Å². The molecule has 0 saturated heterocycles. The minimum atomic E-state index is -0.545. The van der Waals surface area contributed by atoms with Crippen molar-refractivity contribution < 1.29 is 10.0 Å². The molecule has 8 nitrogen and oxygen atoms in total. The van der Waals surface area contributed by atoms with Crippen molar-refractivity contribution in [2.24, 2.45) is 0 Å². The number of thioether (sulfide) groups is 1. The van der Waals surface area contributed by atoms with Crippen LogP contribution in [0.1, 0.15) is 11.4 Å². The summed E-state index contributed by atoms with van der Waals surface area (Å²) in [7, 11) is 0. The highest BCUT2D eigenvalue weighted by molar-refractivity contribution is 7.98. The van der Waals surface area contributed by atoms with E-state index >= 15 is 0 Å². The number of aliphatic hydroxyl groups is 1. The first-order chi connectivity index (χ1) is 10.2. The average Bonchev–Trinajstić information content (AvgIpc) is 2.91. The number of nitrogens with zero attached hydrogens (tertiary/aromatic N) is 2. The van der Waals surface area contributed by atoms with E-state index in [-0.39, 0.29) is 19.0 Å². The van der Waals surface area contributed by atoms with Gasteiger partial charge in [-0.3, -0.25) is 10.1 Å². The first-order valence-corrected chi connectivity index (χ1v) is 7.29. The fourth-order valence-electron chi connectivity index (χ4n) is 1.45. The van der Waals surface area contributed by atoms with Crippen molar-refractivity contribution in [2.75, 3.05) is 18.8 Å². The number of aromatic nitrogens is 2. The SMILES string of the molecule is C#CCNC(=C[N+](=O)[O-])NCCSCc1[nH]cnc1CO. The number of hydrogen-bond donors (Lipinski definition) is 4. The fourth-order valence-corrected chi connectivity index (χ4v) is 2.29. The molecule has 9 heteroatoms. The third-order valence-corrected chi connectivity index (χ3v) is 3.37. The van der Waals surface area contributed by atoms with E-state index in [9.17, 15) is 10.1 Å². The van der Waals surface area contributed by atoms with Crippen molar-refractivity contribution >= 4 is 11.8 Å². The number of nitrogens with one attached hydrogen (secondary N) is 3. The van der Waals surface area contributed by atoms with E-state index in [0.29, 0.717) is 18.0 Å². The molecule has 1 aromatic heterocycles. The molecule has 0 radical (unpaired) electrons. The zero-order valence-corrected chi connectivity index (χ0v) is 12.2. The summed E-state index contributed by atoms with van der Waals surface area (Å²) < 4.78 is 0. The third-order valence-electron chi connectivity index (χ3n) is 2.38. The Morgan fingerprint density at radius 2 is 2.48 bits per heavy atom. The predicted octanol–water partition coefficient (Wildman–Crippen LogP) is 0.0232. The second kappa shape index (κ2) is 9.68. The van der Waals surface area contributed by atoms with Crippen LogP contribution in [0.25, 0.3) is 0 Å². The number of H-pyrrole nitrogens is 1. The summed E-state index contributed by atoms with van der Waals surface area (Å²) in [4.78, 5) is 16.8. The summed E-state index contributed by atoms with van der Waals surface area (Å²) in [6.07, 6.45) is 7.49. The molecular formula is C12H17N5O3S. The molecular weight excluding hydrogens is 294 g/mol. The van der Waals surface area contributed by atoms with Crippen LogP contribution < -0.4 is 10.6 Å². The van der Waals surface area contributed by atoms with Crippen molar-refractivity contribution in [2.45, 2.75) is 12.4 Å². The quantitative estimate of drug-likeness (QED) is 0.208. The van der Waals surface area contributed by atoms with Crippen LogP contribution in [0.2, 0.25) is 0 Å². The van der Waals surface area contributed by atoms with E-state index in [1.54, 1.807) is 18.1 Å². The van der Waals surface area contributed by atoms with Gasteiger partial charge in [0.2, 0.25) is 0 Å². The first-order valence-electron chi connectivity index (χ1n) is 6.13. The van der Waals surface area contributed by atoms with Crippen molar-refractivity contribution in [1.82, 2.24) is 20.6 Å². The molecule has 0 saturated carbocycles. The maximum absolute atomic E-state index is 10.4. The minimum Gasteiger partial charge on any atom is -0.390 e. The molecule has 21 heavy (non-hydrogen) atoms. The molecule has 0 aliphatic heterocycles. The average molecular weight is 311 g/mol. The summed E-state index contributed by atoms with van der Waals surface area (Å²) in [5.41, 5.74) is 1.52. The van der Waals surface area contributed by atoms with Crippen LogP contribution in [0.4, 0.5) is 0 Å². The van der Waals surface area contributed by atoms with E-state index in [4.69, 9.17) is 11.5 Å². The van der Waals surface area contributed by atoms with Crippen LogP contribution in [-0.4, -0.2) is 38.8 Å². The van der Waals surface area contributed by atoms with Gasteiger partial charge in [-0.1, -0.05) is 5.92 Å². The number of aliphatic hydroxyl groups excluding tert-OH is 1. The Morgan fingerprint density at radius 3 is 3.14 bits per heavy atom. The lowest BCUT2D eigenvalue weighted by atomic mass is 10.4. The Balaban J connectivity index is 2.28. The molecule has 114 valence electrons. The predicted molar refractivity (Wildman–Crippen MR) is 80.6 cm³/mol. The van der Waals surface area contributed by atoms with Crippen LogP contribution in [-0.2, 0) is 12.4 Å². The van der Waals surface area contributed by atoms with Crippen LogP contribution in [0, 0.1) is 22.5 Å². The van der Waals surface area contributed by atoms with Crippen molar-refractivity contribution in [3.05, 3.63) is 39.9 Å². The van der Waals surface area contributed by atoms with Gasteiger partial charge in [0.05, 0.1) is 35.8 Å². The van der Waals surface area contributed by atoms with Gasteiger partial charge in [-0.05, 0) is 0 Å². The van der Waals surface area contributed by atoms with Crippen LogP contribution >= 0.6 is 11.8 Å². The number of rotatable bonds is 10. The molecule has 0 amide bonds. The molecule has 1 rings (SSSR count). The number of aromatic amines is 1. The summed E-state index contributed by atoms with van der Waals surface area (Å²) in [5, 5.41) is 25.1. The number of imidazole rings is 1. The Labute approximate surface area is 126 Å². The minimum absolute atomic E-state index is 0.0939. The molecule has 0 aromatic carbocycles. The van der Waals surface area contributed by atoms with E-state index in [1.807, 2.05) is 0 Å². The third kappa shape index (κ3) is 6.69. The van der Waals surface area contributed by atoms with Crippen LogP contribution in [0.3, 0.4) is 0 Å². The van der Waals surface area contributed by atoms with Gasteiger partial charge in [-0.25, -0.2) is 4.98 Å². The van der Waals surface area contributed by atoms with Crippen molar-refractivity contribution in [3.8, 4) is 12.3 Å². The Hall–Kier alpha value is -2.18. The van der Waals surface area contributed by atoms with Crippen molar-refractivity contribution in [1.29, 1.82) is 0 Å². The van der Waals surface area contributed by atoms with E-state index in [1.165, 1.54) is 0 Å². The maximum Gasteiger partial charge on any atom is 0.274 e. The summed E-state index contributed by atoms with van der Waals surface area (Å²) in [6, 6.07) is 0. The Bertz CT molecular complexity index is 523. The molecule has 0 atom stereocenters. The van der Waals surface area contributed by atoms with Gasteiger partial charge in [-0.2, -0.15) is 11.8 Å². The smallest absolute Gasteiger partial charge is 0.274 e. The molecule has 0 bridgehead atoms. The first kappa shape index (κ1) is 16.9. The summed E-state index contributed by atoms with van der Waals surface area (Å²) >= 11 is 1.62. The standard InChI is InChI=1S/C12H17N5O3S/c1-2-3-13-12(6-17(19)20)14-4-5-21-8-11-10(7-18)15-9-16-11/h1,6,9,13-14,18H,3-5,7-8H2,(H,15,16). The van der Waals surface area contributed by atoms with Gasteiger partial charge in [0.25, 0.3) is 6.20 Å². The van der Waals surface area contributed by atoms with Gasteiger partial charge < -0.3 is 20.7 Å². The van der Waals surface area contributed by atoms with Gasteiger partial charge in [0.1, 0.15) is 0 Å². The van der Waals surface area contributed by atoms with Gasteiger partial charge >= 0.3 is 0 Å². The largest absolute Gasteiger partial charge is 0.390 e. The van der Waals surface area contributed by atoms with Crippen LogP contribution in [0.5, 0.6) is 0 Å². The fraction of sp³-hybridized carbons (Fsp3) is 0.417. The second-order valence-electron chi connectivity index (χ2n) is 3.85. The number of terminal acetylenes is 1. The molecule has 0 aliphatic rings. The zero-order chi connectivity index (χ0) is 15.5. The zero-order valence-electron chi connectivity index (χ0n) is 11.3. The highest BCUT2D eigenvalue weighted by Crippen LogP contribution is 2.12. The Kier molecular flexibility index (Phi) is 7.78. The lowest BCUT2D eigenvalue weighted by molar-refractivity contribution is -0.404. The molecule has 0 aliphatic carbocycles. The number of nitro groups is 1. The summed E-state index contributed by atoms with van der Waals surface area (Å²) in [6.45, 7) is 0.668. The van der Waals surface area contributed by atoms with E-state index < -0.39 is 4.92 Å². The number of hydrogen-bond acceptors (Lipinski definition) is 7. The highest BCUT2D eigenvalue weighted by atomic mass is 32.2. The molecule has 1 heterocycles. The Morgan fingerprint density at radius 1 is 1.67 bits per heavy atom. The van der Waals surface area contributed by atoms with E-state index in [2.05, 4.69) is 26.5 Å². The lowest BCUT2D eigenvalue weighted by Gasteiger charge is -2.09. The van der Waals surface area contributed by atoms with Gasteiger partial charge in [-0.15, -0.1) is 6.42 Å².